The Morgan fingerprint density at radius 2 is 1.96 bits per heavy atom. The number of nitrogens with two attached hydrogens (primary N) is 1. The normalized spacial score (nSPS) is 13.4. The highest BCUT2D eigenvalue weighted by Crippen LogP contribution is 2.30. The van der Waals surface area contributed by atoms with E-state index in [4.69, 9.17) is 5.14 Å². The van der Waals surface area contributed by atoms with Gasteiger partial charge in [-0.2, -0.15) is 5.10 Å². The minimum absolute atomic E-state index is 0.0747. The molecule has 0 saturated carbocycles. The van der Waals surface area contributed by atoms with Gasteiger partial charge in [-0.3, -0.25) is 0 Å². The summed E-state index contributed by atoms with van der Waals surface area (Å²) in [6.07, 6.45) is 5.72. The van der Waals surface area contributed by atoms with Crippen LogP contribution >= 0.6 is 11.3 Å². The zero-order chi connectivity index (χ0) is 17.4. The van der Waals surface area contributed by atoms with Gasteiger partial charge in [-0.25, -0.2) is 18.2 Å². The third-order valence-corrected chi connectivity index (χ3v) is 5.59. The molecule has 25 heavy (non-hydrogen) atoms. The Hall–Kier alpha value is -2.70. The lowest BCUT2D eigenvalue weighted by Crippen LogP contribution is -2.12. The fourth-order valence-corrected chi connectivity index (χ4v) is 3.82. The van der Waals surface area contributed by atoms with Crippen molar-refractivity contribution in [2.24, 2.45) is 5.14 Å². The SMILES string of the molecule is NS(=O)(=O)c1ccc(-n2nc(C3=C=CC=C3)cc2-c2cccs2)cc1. The summed E-state index contributed by atoms with van der Waals surface area (Å²) >= 11 is 1.62. The number of thiophene rings is 1. The maximum atomic E-state index is 11.4. The molecular formula is C18H13N3O2S2. The summed E-state index contributed by atoms with van der Waals surface area (Å²) in [5.74, 6) is 0. The first-order chi connectivity index (χ1) is 12.0. The van der Waals surface area contributed by atoms with Crippen LogP contribution in [-0.2, 0) is 10.0 Å². The molecule has 0 fully saturated rings. The molecule has 2 heterocycles. The van der Waals surface area contributed by atoms with E-state index >= 15 is 0 Å². The fraction of sp³-hybridized carbons (Fsp3) is 0. The molecule has 3 aromatic rings. The molecule has 1 aliphatic rings. The molecule has 0 aliphatic heterocycles. The number of nitrogens with zero attached hydrogens (tertiary/aromatic N) is 2. The molecule has 2 aromatic heterocycles. The summed E-state index contributed by atoms with van der Waals surface area (Å²) in [5.41, 5.74) is 6.57. The standard InChI is InChI=1S/C18H13N3O2S2/c19-25(22,23)15-9-7-14(8-10-15)21-17(18-6-3-11-24-18)12-16(20-21)13-4-1-2-5-13/h1-4,6-12H,(H2,19,22,23). The number of hydrogen-bond acceptors (Lipinski definition) is 4. The molecule has 4 rings (SSSR count). The first-order valence-electron chi connectivity index (χ1n) is 7.43. The van der Waals surface area contributed by atoms with Crippen molar-refractivity contribution < 1.29 is 8.42 Å². The topological polar surface area (TPSA) is 78.0 Å². The van der Waals surface area contributed by atoms with Crippen LogP contribution in [0.3, 0.4) is 0 Å². The van der Waals surface area contributed by atoms with Crippen molar-refractivity contribution >= 4 is 26.9 Å². The van der Waals surface area contributed by atoms with E-state index in [-0.39, 0.29) is 4.90 Å². The van der Waals surface area contributed by atoms with Crippen molar-refractivity contribution in [1.82, 2.24) is 9.78 Å². The smallest absolute Gasteiger partial charge is 0.232 e. The van der Waals surface area contributed by atoms with E-state index in [2.05, 4.69) is 10.8 Å². The Labute approximate surface area is 149 Å². The summed E-state index contributed by atoms with van der Waals surface area (Å²) in [7, 11) is -3.72. The molecule has 0 spiro atoms. The van der Waals surface area contributed by atoms with Crippen LogP contribution in [0.15, 0.2) is 76.7 Å². The van der Waals surface area contributed by atoms with Gasteiger partial charge >= 0.3 is 0 Å². The first kappa shape index (κ1) is 15.8. The Morgan fingerprint density at radius 1 is 1.16 bits per heavy atom. The van der Waals surface area contributed by atoms with Crippen LogP contribution in [-0.4, -0.2) is 18.2 Å². The van der Waals surface area contributed by atoms with Crippen LogP contribution in [0, 0.1) is 0 Å². The minimum Gasteiger partial charge on any atom is -0.232 e. The van der Waals surface area contributed by atoms with E-state index in [1.807, 2.05) is 41.8 Å². The van der Waals surface area contributed by atoms with Crippen LogP contribution in [0.25, 0.3) is 21.8 Å². The molecule has 1 aromatic carbocycles. The fourth-order valence-electron chi connectivity index (χ4n) is 2.58. The number of allylic oxidation sites excluding steroid dienone is 3. The number of primary sulfonamides is 1. The Balaban J connectivity index is 1.85. The lowest BCUT2D eigenvalue weighted by atomic mass is 10.2. The molecule has 0 bridgehead atoms. The third kappa shape index (κ3) is 3.01. The average Bonchev–Trinajstić information content (AvgIpc) is 3.33. The maximum absolute atomic E-state index is 11.4. The first-order valence-corrected chi connectivity index (χ1v) is 9.86. The van der Waals surface area contributed by atoms with Gasteiger partial charge in [0.25, 0.3) is 0 Å². The number of hydrogen-bond donors (Lipinski definition) is 1. The van der Waals surface area contributed by atoms with Gasteiger partial charge in [0.1, 0.15) is 5.69 Å². The van der Waals surface area contributed by atoms with E-state index in [9.17, 15) is 8.42 Å². The predicted octanol–water partition coefficient (Wildman–Crippen LogP) is 3.36. The summed E-state index contributed by atoms with van der Waals surface area (Å²) in [6.45, 7) is 0. The molecule has 0 radical (unpaired) electrons. The van der Waals surface area contributed by atoms with E-state index in [1.165, 1.54) is 12.1 Å². The van der Waals surface area contributed by atoms with Gasteiger partial charge in [0.15, 0.2) is 0 Å². The zero-order valence-corrected chi connectivity index (χ0v) is 14.6. The monoisotopic (exact) mass is 367 g/mol. The molecule has 2 N–H and O–H groups in total. The second-order valence-electron chi connectivity index (χ2n) is 5.43. The average molecular weight is 367 g/mol. The lowest BCUT2D eigenvalue weighted by molar-refractivity contribution is 0.598. The zero-order valence-electron chi connectivity index (χ0n) is 13.0. The van der Waals surface area contributed by atoms with Crippen molar-refractivity contribution in [1.29, 1.82) is 0 Å². The second-order valence-corrected chi connectivity index (χ2v) is 7.94. The van der Waals surface area contributed by atoms with Crippen LogP contribution in [0.4, 0.5) is 0 Å². The summed E-state index contributed by atoms with van der Waals surface area (Å²) in [4.78, 5) is 1.14. The van der Waals surface area contributed by atoms with Crippen molar-refractivity contribution in [2.75, 3.05) is 0 Å². The summed E-state index contributed by atoms with van der Waals surface area (Å²) in [5, 5.41) is 11.9. The maximum Gasteiger partial charge on any atom is 0.238 e. The van der Waals surface area contributed by atoms with Gasteiger partial charge in [0.05, 0.1) is 21.2 Å². The second kappa shape index (κ2) is 5.98. The van der Waals surface area contributed by atoms with Crippen molar-refractivity contribution in [3.63, 3.8) is 0 Å². The molecule has 124 valence electrons. The van der Waals surface area contributed by atoms with E-state index in [1.54, 1.807) is 28.2 Å². The highest BCUT2D eigenvalue weighted by molar-refractivity contribution is 7.89. The Kier molecular flexibility index (Phi) is 3.78. The Bertz CT molecular complexity index is 1130. The highest BCUT2D eigenvalue weighted by Gasteiger charge is 2.15. The quantitative estimate of drug-likeness (QED) is 0.718. The molecule has 1 aliphatic carbocycles. The highest BCUT2D eigenvalue weighted by atomic mass is 32.2. The van der Waals surface area contributed by atoms with Gasteiger partial charge in [0.2, 0.25) is 10.0 Å². The van der Waals surface area contributed by atoms with E-state index < -0.39 is 10.0 Å². The molecule has 0 amide bonds. The molecular weight excluding hydrogens is 354 g/mol. The van der Waals surface area contributed by atoms with Crippen LogP contribution < -0.4 is 5.14 Å². The number of sulfonamides is 1. The van der Waals surface area contributed by atoms with Gasteiger partial charge in [-0.15, -0.1) is 17.1 Å². The molecule has 7 heteroatoms. The predicted molar refractivity (Wildman–Crippen MR) is 98.9 cm³/mol. The summed E-state index contributed by atoms with van der Waals surface area (Å²) in [6, 6.07) is 12.4. The number of benzene rings is 1. The number of rotatable bonds is 4. The molecule has 0 unspecified atom stereocenters. The molecule has 5 nitrogen and oxygen atoms in total. The van der Waals surface area contributed by atoms with Crippen LogP contribution in [0.5, 0.6) is 0 Å². The van der Waals surface area contributed by atoms with Crippen molar-refractivity contribution in [3.8, 4) is 16.3 Å². The molecule has 0 saturated heterocycles. The van der Waals surface area contributed by atoms with Gasteiger partial charge in [-0.05, 0) is 53.9 Å². The van der Waals surface area contributed by atoms with Crippen molar-refractivity contribution in [2.45, 2.75) is 4.90 Å². The van der Waals surface area contributed by atoms with Crippen molar-refractivity contribution in [3.05, 3.63) is 77.5 Å². The van der Waals surface area contributed by atoms with Crippen LogP contribution in [0.1, 0.15) is 5.69 Å². The molecule has 0 atom stereocenters. The van der Waals surface area contributed by atoms with Crippen LogP contribution in [0.2, 0.25) is 0 Å². The van der Waals surface area contributed by atoms with E-state index in [0.29, 0.717) is 0 Å². The van der Waals surface area contributed by atoms with Gasteiger partial charge in [-0.1, -0.05) is 12.1 Å². The lowest BCUT2D eigenvalue weighted by Gasteiger charge is -2.07. The van der Waals surface area contributed by atoms with Gasteiger partial charge < -0.3 is 0 Å². The number of aromatic nitrogens is 2. The third-order valence-electron chi connectivity index (χ3n) is 3.77. The summed E-state index contributed by atoms with van der Waals surface area (Å²) < 4.78 is 24.7. The van der Waals surface area contributed by atoms with Gasteiger partial charge in [0, 0.05) is 5.57 Å². The Morgan fingerprint density at radius 3 is 2.56 bits per heavy atom. The largest absolute Gasteiger partial charge is 0.238 e. The van der Waals surface area contributed by atoms with E-state index in [0.717, 1.165) is 27.5 Å². The minimum atomic E-state index is -3.72.